The van der Waals surface area contributed by atoms with Crippen LogP contribution < -0.4 is 21.3 Å². The van der Waals surface area contributed by atoms with Gasteiger partial charge in [-0.05, 0) is 54.8 Å². The number of rotatable bonds is 6. The average molecular weight is 541 g/mol. The highest BCUT2D eigenvalue weighted by Crippen LogP contribution is 2.43. The summed E-state index contributed by atoms with van der Waals surface area (Å²) in [6.07, 6.45) is 3.61. The summed E-state index contributed by atoms with van der Waals surface area (Å²) in [6, 6.07) is 19.4. The average Bonchev–Trinajstić information content (AvgIpc) is 3.50. The molecule has 9 heteroatoms. The van der Waals surface area contributed by atoms with Gasteiger partial charge in [-0.25, -0.2) is 9.97 Å². The molecule has 2 fully saturated rings. The van der Waals surface area contributed by atoms with Crippen molar-refractivity contribution in [2.45, 2.75) is 18.3 Å². The molecule has 2 aromatic heterocycles. The first-order valence-electron chi connectivity index (χ1n) is 13.3. The number of hydrogen-bond acceptors (Lipinski definition) is 8. The molecule has 0 radical (unpaired) electrons. The van der Waals surface area contributed by atoms with Crippen LogP contribution in [0.2, 0.25) is 0 Å². The van der Waals surface area contributed by atoms with E-state index in [2.05, 4.69) is 45.2 Å². The SMILES string of the molecule is Nc1ccccc1NC(=O)c1ccc(C2(c3nc(-c4ccc(N5CCNCC5)nc4)cs3)CCOCC2)cc1. The number of aromatic nitrogens is 2. The summed E-state index contributed by atoms with van der Waals surface area (Å²) in [5.41, 5.74) is 10.6. The third kappa shape index (κ3) is 5.25. The minimum atomic E-state index is -0.256. The van der Waals surface area contributed by atoms with Crippen LogP contribution in [0.15, 0.2) is 72.2 Å². The van der Waals surface area contributed by atoms with Crippen LogP contribution in [0.5, 0.6) is 0 Å². The van der Waals surface area contributed by atoms with Gasteiger partial charge in [0.1, 0.15) is 10.8 Å². The summed E-state index contributed by atoms with van der Waals surface area (Å²) in [7, 11) is 0. The molecule has 6 rings (SSSR count). The quantitative estimate of drug-likeness (QED) is 0.308. The highest BCUT2D eigenvalue weighted by molar-refractivity contribution is 7.10. The van der Waals surface area contributed by atoms with Crippen LogP contribution in [0.3, 0.4) is 0 Å². The molecule has 0 saturated carbocycles. The van der Waals surface area contributed by atoms with Crippen LogP contribution in [0, 0.1) is 0 Å². The molecule has 2 aromatic carbocycles. The van der Waals surface area contributed by atoms with Gasteiger partial charge in [0.2, 0.25) is 0 Å². The molecule has 0 atom stereocenters. The molecule has 200 valence electrons. The van der Waals surface area contributed by atoms with Crippen molar-refractivity contribution >= 4 is 34.4 Å². The number of benzene rings is 2. The van der Waals surface area contributed by atoms with Gasteiger partial charge in [0, 0.05) is 62.1 Å². The maximum Gasteiger partial charge on any atom is 0.255 e. The Kier molecular flexibility index (Phi) is 7.28. The van der Waals surface area contributed by atoms with Gasteiger partial charge in [-0.3, -0.25) is 4.79 Å². The Morgan fingerprint density at radius 3 is 2.51 bits per heavy atom. The number of carbonyl (C=O) groups excluding carboxylic acids is 1. The smallest absolute Gasteiger partial charge is 0.255 e. The summed E-state index contributed by atoms with van der Waals surface area (Å²) < 4.78 is 5.75. The van der Waals surface area contributed by atoms with Gasteiger partial charge in [-0.15, -0.1) is 11.3 Å². The van der Waals surface area contributed by atoms with Crippen molar-refractivity contribution in [3.8, 4) is 11.3 Å². The van der Waals surface area contributed by atoms with E-state index in [9.17, 15) is 4.79 Å². The van der Waals surface area contributed by atoms with Gasteiger partial charge in [0.05, 0.1) is 22.5 Å². The molecule has 0 aliphatic carbocycles. The van der Waals surface area contributed by atoms with Crippen LogP contribution in [-0.4, -0.2) is 55.3 Å². The predicted molar refractivity (Wildman–Crippen MR) is 157 cm³/mol. The summed E-state index contributed by atoms with van der Waals surface area (Å²) in [5.74, 6) is 0.824. The zero-order chi connectivity index (χ0) is 26.7. The van der Waals surface area contributed by atoms with Gasteiger partial charge >= 0.3 is 0 Å². The fourth-order valence-corrected chi connectivity index (χ4v) is 6.45. The van der Waals surface area contributed by atoms with Crippen molar-refractivity contribution < 1.29 is 9.53 Å². The van der Waals surface area contributed by atoms with Crippen molar-refractivity contribution in [2.24, 2.45) is 0 Å². The molecule has 2 saturated heterocycles. The van der Waals surface area contributed by atoms with E-state index in [0.717, 1.165) is 66.7 Å². The number of piperazine rings is 1. The lowest BCUT2D eigenvalue weighted by Crippen LogP contribution is -2.43. The Hall–Kier alpha value is -3.79. The summed E-state index contributed by atoms with van der Waals surface area (Å²) in [6.45, 7) is 5.25. The minimum Gasteiger partial charge on any atom is -0.397 e. The van der Waals surface area contributed by atoms with E-state index < -0.39 is 0 Å². The van der Waals surface area contributed by atoms with E-state index in [4.69, 9.17) is 20.4 Å². The molecule has 4 heterocycles. The lowest BCUT2D eigenvalue weighted by atomic mass is 9.74. The molecule has 39 heavy (non-hydrogen) atoms. The topological polar surface area (TPSA) is 105 Å². The van der Waals surface area contributed by atoms with E-state index >= 15 is 0 Å². The van der Waals surface area contributed by atoms with Crippen LogP contribution in [0.4, 0.5) is 17.2 Å². The standard InChI is InChI=1S/C30H32N6O2S/c31-24-3-1-2-4-25(24)34-28(37)21-5-8-23(9-6-21)30(11-17-38-18-12-30)29-35-26(20-39-29)22-7-10-27(33-19-22)36-15-13-32-14-16-36/h1-10,19-20,32H,11-18,31H2,(H,34,37). The monoisotopic (exact) mass is 540 g/mol. The van der Waals surface area contributed by atoms with E-state index in [1.54, 1.807) is 23.5 Å². The lowest BCUT2D eigenvalue weighted by Gasteiger charge is -2.36. The molecule has 0 bridgehead atoms. The Bertz CT molecular complexity index is 1420. The predicted octanol–water partition coefficient (Wildman–Crippen LogP) is 4.55. The summed E-state index contributed by atoms with van der Waals surface area (Å²) in [4.78, 5) is 25.0. The van der Waals surface area contributed by atoms with Gasteiger partial charge < -0.3 is 26.0 Å². The van der Waals surface area contributed by atoms with Crippen molar-refractivity contribution in [3.63, 3.8) is 0 Å². The number of nitrogens with zero attached hydrogens (tertiary/aromatic N) is 3. The molecular formula is C30H32N6O2S. The highest BCUT2D eigenvalue weighted by Gasteiger charge is 2.39. The summed E-state index contributed by atoms with van der Waals surface area (Å²) >= 11 is 1.68. The first kappa shape index (κ1) is 25.5. The molecule has 2 aliphatic heterocycles. The van der Waals surface area contributed by atoms with Crippen molar-refractivity contribution in [2.75, 3.05) is 55.3 Å². The maximum atomic E-state index is 12.9. The Labute approximate surface area is 232 Å². The van der Waals surface area contributed by atoms with Gasteiger partial charge in [-0.2, -0.15) is 0 Å². The van der Waals surface area contributed by atoms with Crippen molar-refractivity contribution in [3.05, 3.63) is 88.4 Å². The number of nitrogens with one attached hydrogen (secondary N) is 2. The molecule has 4 aromatic rings. The second-order valence-corrected chi connectivity index (χ2v) is 10.9. The molecular weight excluding hydrogens is 508 g/mol. The van der Waals surface area contributed by atoms with Crippen LogP contribution in [-0.2, 0) is 10.2 Å². The second kappa shape index (κ2) is 11.1. The third-order valence-corrected chi connectivity index (χ3v) is 8.70. The number of ether oxygens (including phenoxy) is 1. The normalized spacial score (nSPS) is 17.1. The number of pyridine rings is 1. The first-order chi connectivity index (χ1) is 19.1. The van der Waals surface area contributed by atoms with Gasteiger partial charge in [-0.1, -0.05) is 24.3 Å². The second-order valence-electron chi connectivity index (χ2n) is 9.99. The molecule has 0 unspecified atom stereocenters. The fourth-order valence-electron chi connectivity index (χ4n) is 5.34. The Morgan fingerprint density at radius 1 is 1.03 bits per heavy atom. The number of carbonyl (C=O) groups is 1. The van der Waals surface area contributed by atoms with Crippen LogP contribution in [0.1, 0.15) is 33.8 Å². The number of para-hydroxylation sites is 2. The van der Waals surface area contributed by atoms with Crippen LogP contribution in [0.25, 0.3) is 11.3 Å². The van der Waals surface area contributed by atoms with Gasteiger partial charge in [0.15, 0.2) is 0 Å². The first-order valence-corrected chi connectivity index (χ1v) is 14.2. The Morgan fingerprint density at radius 2 is 1.79 bits per heavy atom. The lowest BCUT2D eigenvalue weighted by molar-refractivity contribution is 0.0630. The molecule has 8 nitrogen and oxygen atoms in total. The van der Waals surface area contributed by atoms with E-state index in [1.165, 1.54) is 0 Å². The number of hydrogen-bond donors (Lipinski definition) is 3. The molecule has 1 amide bonds. The van der Waals surface area contributed by atoms with E-state index in [1.807, 2.05) is 30.5 Å². The number of amides is 1. The molecule has 4 N–H and O–H groups in total. The van der Waals surface area contributed by atoms with Crippen molar-refractivity contribution in [1.82, 2.24) is 15.3 Å². The third-order valence-electron chi connectivity index (χ3n) is 7.65. The van der Waals surface area contributed by atoms with E-state index in [0.29, 0.717) is 30.2 Å². The minimum absolute atomic E-state index is 0.186. The largest absolute Gasteiger partial charge is 0.397 e. The van der Waals surface area contributed by atoms with Gasteiger partial charge in [0.25, 0.3) is 5.91 Å². The molecule has 2 aliphatic rings. The highest BCUT2D eigenvalue weighted by atomic mass is 32.1. The zero-order valence-electron chi connectivity index (χ0n) is 21.7. The fraction of sp³-hybridized carbons (Fsp3) is 0.300. The van der Waals surface area contributed by atoms with Crippen LogP contribution >= 0.6 is 11.3 Å². The Balaban J connectivity index is 1.23. The molecule has 0 spiro atoms. The number of thiazole rings is 1. The number of nitrogen functional groups attached to an aromatic ring is 1. The summed E-state index contributed by atoms with van der Waals surface area (Å²) in [5, 5.41) is 9.48. The zero-order valence-corrected chi connectivity index (χ0v) is 22.5. The number of nitrogens with two attached hydrogens (primary N) is 1. The number of anilines is 3. The maximum absolute atomic E-state index is 12.9. The van der Waals surface area contributed by atoms with E-state index in [-0.39, 0.29) is 11.3 Å². The van der Waals surface area contributed by atoms with Crippen molar-refractivity contribution in [1.29, 1.82) is 0 Å².